The summed E-state index contributed by atoms with van der Waals surface area (Å²) < 4.78 is 0. The van der Waals surface area contributed by atoms with Crippen LogP contribution in [0.15, 0.2) is 36.4 Å². The maximum Gasteiger partial charge on any atom is 0.243 e. The molecule has 1 aliphatic rings. The van der Waals surface area contributed by atoms with Gasteiger partial charge in [0.15, 0.2) is 0 Å². The van der Waals surface area contributed by atoms with Crippen molar-refractivity contribution in [3.05, 3.63) is 67.6 Å². The van der Waals surface area contributed by atoms with E-state index in [-0.39, 0.29) is 30.2 Å². The predicted octanol–water partition coefficient (Wildman–Crippen LogP) is 7.40. The Morgan fingerprint density at radius 3 is 2.32 bits per heavy atom. The number of amides is 2. The summed E-state index contributed by atoms with van der Waals surface area (Å²) in [4.78, 5) is 28.2. The quantitative estimate of drug-likeness (QED) is 0.329. The van der Waals surface area contributed by atoms with Gasteiger partial charge in [0.1, 0.15) is 6.04 Å². The van der Waals surface area contributed by atoms with Gasteiger partial charge >= 0.3 is 0 Å². The van der Waals surface area contributed by atoms with Gasteiger partial charge in [-0.05, 0) is 54.7 Å². The number of nitrogens with zero attached hydrogens (tertiary/aromatic N) is 1. The maximum atomic E-state index is 13.4. The Labute approximate surface area is 225 Å². The van der Waals surface area contributed by atoms with Crippen molar-refractivity contribution in [2.45, 2.75) is 63.4 Å². The molecule has 0 unspecified atom stereocenters. The summed E-state index contributed by atoms with van der Waals surface area (Å²) in [6.45, 7) is 2.18. The Hall–Kier alpha value is -1.11. The van der Waals surface area contributed by atoms with Crippen molar-refractivity contribution in [1.82, 2.24) is 10.2 Å². The molecule has 0 saturated heterocycles. The van der Waals surface area contributed by atoms with Crippen molar-refractivity contribution < 1.29 is 9.59 Å². The van der Waals surface area contributed by atoms with E-state index in [4.69, 9.17) is 46.4 Å². The molecule has 0 aliphatic heterocycles. The Bertz CT molecular complexity index is 994. The third-order valence-electron chi connectivity index (χ3n) is 5.96. The first kappa shape index (κ1) is 27.5. The standard InChI is InChI=1S/C25H28Cl4N2O2S/c1-2-23(25(33)30-17-6-3-4-7-17)31(13-16-10-11-21(28)22(29)12-16)24(32)15-34-14-18-19(26)8-5-9-20(18)27/h5,8-12,17,23H,2-4,6-7,13-15H2,1H3,(H,30,33)/t23-/m1/s1. The molecule has 184 valence electrons. The van der Waals surface area contributed by atoms with Crippen LogP contribution in [0.1, 0.15) is 50.2 Å². The van der Waals surface area contributed by atoms with Crippen LogP contribution < -0.4 is 5.32 Å². The summed E-state index contributed by atoms with van der Waals surface area (Å²) in [5.74, 6) is 0.445. The number of benzene rings is 2. The molecule has 1 fully saturated rings. The summed E-state index contributed by atoms with van der Waals surface area (Å²) in [7, 11) is 0. The fraction of sp³-hybridized carbons (Fsp3) is 0.440. The zero-order valence-corrected chi connectivity index (χ0v) is 22.8. The van der Waals surface area contributed by atoms with Crippen LogP contribution in [-0.2, 0) is 21.9 Å². The number of nitrogens with one attached hydrogen (secondary N) is 1. The number of hydrogen-bond acceptors (Lipinski definition) is 3. The molecule has 0 spiro atoms. The molecule has 0 radical (unpaired) electrons. The molecule has 3 rings (SSSR count). The number of carbonyl (C=O) groups excluding carboxylic acids is 2. The average Bonchev–Trinajstić information content (AvgIpc) is 3.31. The molecule has 0 heterocycles. The Morgan fingerprint density at radius 2 is 1.71 bits per heavy atom. The van der Waals surface area contributed by atoms with E-state index in [1.807, 2.05) is 13.0 Å². The van der Waals surface area contributed by atoms with E-state index in [0.29, 0.717) is 32.3 Å². The number of hydrogen-bond donors (Lipinski definition) is 1. The monoisotopic (exact) mass is 560 g/mol. The molecular formula is C25H28Cl4N2O2S. The normalized spacial score (nSPS) is 14.7. The molecule has 1 N–H and O–H groups in total. The topological polar surface area (TPSA) is 49.4 Å². The van der Waals surface area contributed by atoms with Crippen molar-refractivity contribution in [1.29, 1.82) is 0 Å². The van der Waals surface area contributed by atoms with Crippen LogP contribution in [0, 0.1) is 0 Å². The van der Waals surface area contributed by atoms with Crippen LogP contribution in [-0.4, -0.2) is 34.6 Å². The van der Waals surface area contributed by atoms with Gasteiger partial charge < -0.3 is 10.2 Å². The average molecular weight is 562 g/mol. The molecule has 1 saturated carbocycles. The predicted molar refractivity (Wildman–Crippen MR) is 144 cm³/mol. The van der Waals surface area contributed by atoms with E-state index < -0.39 is 6.04 Å². The van der Waals surface area contributed by atoms with E-state index in [1.54, 1.807) is 35.2 Å². The Kier molecular flexibility index (Phi) is 10.7. The van der Waals surface area contributed by atoms with Crippen LogP contribution in [0.2, 0.25) is 20.1 Å². The minimum Gasteiger partial charge on any atom is -0.352 e. The van der Waals surface area contributed by atoms with Gasteiger partial charge in [-0.25, -0.2) is 0 Å². The van der Waals surface area contributed by atoms with Crippen LogP contribution in [0.5, 0.6) is 0 Å². The lowest BCUT2D eigenvalue weighted by Gasteiger charge is -2.31. The minimum absolute atomic E-state index is 0.109. The van der Waals surface area contributed by atoms with Gasteiger partial charge in [0.2, 0.25) is 11.8 Å². The zero-order chi connectivity index (χ0) is 24.7. The van der Waals surface area contributed by atoms with E-state index in [1.165, 1.54) is 11.8 Å². The second-order valence-electron chi connectivity index (χ2n) is 8.38. The molecule has 1 aliphatic carbocycles. The van der Waals surface area contributed by atoms with Gasteiger partial charge in [-0.2, -0.15) is 0 Å². The summed E-state index contributed by atoms with van der Waals surface area (Å²) in [6, 6.07) is 10.2. The summed E-state index contributed by atoms with van der Waals surface area (Å²) in [5, 5.41) is 5.15. The number of carbonyl (C=O) groups is 2. The summed E-state index contributed by atoms with van der Waals surface area (Å²) >= 11 is 26.2. The first-order chi connectivity index (χ1) is 16.3. The zero-order valence-electron chi connectivity index (χ0n) is 19.0. The molecule has 34 heavy (non-hydrogen) atoms. The molecule has 2 amide bonds. The summed E-state index contributed by atoms with van der Waals surface area (Å²) in [6.07, 6.45) is 4.71. The lowest BCUT2D eigenvalue weighted by molar-refractivity contribution is -0.139. The molecule has 0 aromatic heterocycles. The largest absolute Gasteiger partial charge is 0.352 e. The van der Waals surface area contributed by atoms with Crippen LogP contribution in [0.4, 0.5) is 0 Å². The Morgan fingerprint density at radius 1 is 1.03 bits per heavy atom. The van der Waals surface area contributed by atoms with Gasteiger partial charge in [-0.3, -0.25) is 9.59 Å². The lowest BCUT2D eigenvalue weighted by Crippen LogP contribution is -2.51. The van der Waals surface area contributed by atoms with E-state index in [0.717, 1.165) is 36.8 Å². The molecule has 4 nitrogen and oxygen atoms in total. The molecular weight excluding hydrogens is 534 g/mol. The lowest BCUT2D eigenvalue weighted by atomic mass is 10.1. The van der Waals surface area contributed by atoms with Crippen LogP contribution >= 0.6 is 58.2 Å². The van der Waals surface area contributed by atoms with Gasteiger partial charge in [0.05, 0.1) is 15.8 Å². The molecule has 0 bridgehead atoms. The van der Waals surface area contributed by atoms with Gasteiger partial charge in [0, 0.05) is 28.4 Å². The third-order valence-corrected chi connectivity index (χ3v) is 8.35. The van der Waals surface area contributed by atoms with Gasteiger partial charge in [-0.15, -0.1) is 11.8 Å². The van der Waals surface area contributed by atoms with E-state index in [9.17, 15) is 9.59 Å². The molecule has 2 aromatic rings. The van der Waals surface area contributed by atoms with E-state index >= 15 is 0 Å². The second kappa shape index (κ2) is 13.3. The minimum atomic E-state index is -0.577. The molecule has 9 heteroatoms. The highest BCUT2D eigenvalue weighted by Crippen LogP contribution is 2.29. The van der Waals surface area contributed by atoms with Crippen molar-refractivity contribution in [2.24, 2.45) is 0 Å². The first-order valence-electron chi connectivity index (χ1n) is 11.3. The van der Waals surface area contributed by atoms with Gasteiger partial charge in [0.25, 0.3) is 0 Å². The van der Waals surface area contributed by atoms with Crippen molar-refractivity contribution in [3.8, 4) is 0 Å². The van der Waals surface area contributed by atoms with Gasteiger partial charge in [-0.1, -0.05) is 78.3 Å². The maximum absolute atomic E-state index is 13.4. The Balaban J connectivity index is 1.75. The highest BCUT2D eigenvalue weighted by molar-refractivity contribution is 7.99. The smallest absolute Gasteiger partial charge is 0.243 e. The van der Waals surface area contributed by atoms with Crippen molar-refractivity contribution in [2.75, 3.05) is 5.75 Å². The van der Waals surface area contributed by atoms with E-state index in [2.05, 4.69) is 5.32 Å². The number of halogens is 4. The second-order valence-corrected chi connectivity index (χ2v) is 11.0. The SMILES string of the molecule is CC[C@H](C(=O)NC1CCCC1)N(Cc1ccc(Cl)c(Cl)c1)C(=O)CSCc1c(Cl)cccc1Cl. The fourth-order valence-corrected chi connectivity index (χ4v) is 6.08. The van der Waals surface area contributed by atoms with Crippen molar-refractivity contribution in [3.63, 3.8) is 0 Å². The number of rotatable bonds is 10. The molecule has 1 atom stereocenters. The fourth-order valence-electron chi connectivity index (χ4n) is 4.12. The van der Waals surface area contributed by atoms with Crippen molar-refractivity contribution >= 4 is 70.0 Å². The highest BCUT2D eigenvalue weighted by atomic mass is 35.5. The third kappa shape index (κ3) is 7.44. The van der Waals surface area contributed by atoms with Crippen LogP contribution in [0.25, 0.3) is 0 Å². The molecule has 2 aromatic carbocycles. The number of thioether (sulfide) groups is 1. The highest BCUT2D eigenvalue weighted by Gasteiger charge is 2.30. The van der Waals surface area contributed by atoms with Crippen LogP contribution in [0.3, 0.4) is 0 Å². The summed E-state index contributed by atoms with van der Waals surface area (Å²) in [5.41, 5.74) is 1.61. The first-order valence-corrected chi connectivity index (χ1v) is 14.0.